The predicted molar refractivity (Wildman–Crippen MR) is 111 cm³/mol. The molecular formula is C22H25N5O2. The van der Waals surface area contributed by atoms with Crippen molar-refractivity contribution in [2.45, 2.75) is 13.5 Å². The van der Waals surface area contributed by atoms with Crippen LogP contribution in [-0.2, 0) is 11.3 Å². The lowest BCUT2D eigenvalue weighted by molar-refractivity contribution is -0.117. The van der Waals surface area contributed by atoms with Crippen LogP contribution in [0.15, 0.2) is 59.3 Å². The molecule has 1 aliphatic heterocycles. The first kappa shape index (κ1) is 19.3. The van der Waals surface area contributed by atoms with Gasteiger partial charge in [0.1, 0.15) is 5.69 Å². The second kappa shape index (κ2) is 8.98. The Bertz CT molecular complexity index is 931. The fraction of sp³-hybridized carbons (Fsp3) is 0.318. The van der Waals surface area contributed by atoms with E-state index in [-0.39, 0.29) is 5.91 Å². The van der Waals surface area contributed by atoms with Crippen LogP contribution in [-0.4, -0.2) is 58.6 Å². The van der Waals surface area contributed by atoms with Gasteiger partial charge < -0.3 is 4.52 Å². The summed E-state index contributed by atoms with van der Waals surface area (Å²) in [6, 6.07) is 15.8. The third kappa shape index (κ3) is 5.28. The number of hydrogen-bond acceptors (Lipinski definition) is 6. The minimum atomic E-state index is -0.0882. The van der Waals surface area contributed by atoms with E-state index in [0.29, 0.717) is 18.1 Å². The minimum Gasteiger partial charge on any atom is -0.338 e. The van der Waals surface area contributed by atoms with Gasteiger partial charge in [0.25, 0.3) is 0 Å². The van der Waals surface area contributed by atoms with Gasteiger partial charge in [0.15, 0.2) is 0 Å². The molecule has 0 aliphatic carbocycles. The molecule has 0 atom stereocenters. The van der Waals surface area contributed by atoms with Crippen LogP contribution in [0, 0.1) is 6.92 Å². The molecule has 1 aromatic carbocycles. The van der Waals surface area contributed by atoms with Crippen molar-refractivity contribution in [2.24, 2.45) is 0 Å². The van der Waals surface area contributed by atoms with Crippen molar-refractivity contribution in [1.82, 2.24) is 19.9 Å². The molecule has 3 aromatic rings. The van der Waals surface area contributed by atoms with Crippen molar-refractivity contribution in [3.8, 4) is 11.3 Å². The molecule has 3 heterocycles. The Kier molecular flexibility index (Phi) is 5.97. The third-order valence-electron chi connectivity index (χ3n) is 5.06. The molecule has 7 heteroatoms. The zero-order valence-corrected chi connectivity index (χ0v) is 16.5. The maximum Gasteiger partial charge on any atom is 0.240 e. The molecular weight excluding hydrogens is 366 g/mol. The smallest absolute Gasteiger partial charge is 0.240 e. The van der Waals surface area contributed by atoms with Crippen LogP contribution in [0.25, 0.3) is 11.3 Å². The number of nitrogens with one attached hydrogen (secondary N) is 1. The molecule has 1 aliphatic rings. The van der Waals surface area contributed by atoms with Crippen molar-refractivity contribution < 1.29 is 9.32 Å². The van der Waals surface area contributed by atoms with Crippen LogP contribution in [0.3, 0.4) is 0 Å². The average molecular weight is 391 g/mol. The molecule has 1 amide bonds. The van der Waals surface area contributed by atoms with Gasteiger partial charge in [-0.15, -0.1) is 0 Å². The van der Waals surface area contributed by atoms with Crippen LogP contribution in [0.2, 0.25) is 0 Å². The first-order valence-corrected chi connectivity index (χ1v) is 9.84. The number of rotatable bonds is 6. The molecule has 1 saturated heterocycles. The molecule has 1 fully saturated rings. The van der Waals surface area contributed by atoms with E-state index in [1.165, 1.54) is 5.56 Å². The molecule has 0 bridgehead atoms. The number of piperazine rings is 1. The summed E-state index contributed by atoms with van der Waals surface area (Å²) >= 11 is 0. The Hall–Kier alpha value is -3.03. The Balaban J connectivity index is 1.24. The van der Waals surface area contributed by atoms with Gasteiger partial charge in [-0.2, -0.15) is 0 Å². The molecule has 0 spiro atoms. The number of anilines is 1. The number of aryl methyl sites for hydroxylation is 1. The minimum absolute atomic E-state index is 0.0882. The number of nitrogens with zero attached hydrogens (tertiary/aromatic N) is 4. The highest BCUT2D eigenvalue weighted by molar-refractivity contribution is 5.91. The molecule has 7 nitrogen and oxygen atoms in total. The standard InChI is InChI=1S/C22H25N5O2/c1-17-5-7-18(8-6-17)20-14-22(29-25-20)24-21(28)16-27-12-10-26(11-13-27)15-19-4-2-3-9-23-19/h2-9,14H,10-13,15-16H2,1H3,(H,24,28). The van der Waals surface area contributed by atoms with Crippen molar-refractivity contribution in [2.75, 3.05) is 38.0 Å². The molecule has 0 radical (unpaired) electrons. The first-order chi connectivity index (χ1) is 14.2. The van der Waals surface area contributed by atoms with E-state index in [1.54, 1.807) is 6.07 Å². The van der Waals surface area contributed by atoms with Crippen molar-refractivity contribution in [3.05, 3.63) is 66.0 Å². The van der Waals surface area contributed by atoms with Crippen LogP contribution in [0.4, 0.5) is 5.88 Å². The Morgan fingerprint density at radius 2 is 1.83 bits per heavy atom. The fourth-order valence-corrected chi connectivity index (χ4v) is 3.40. The second-order valence-electron chi connectivity index (χ2n) is 7.36. The van der Waals surface area contributed by atoms with E-state index in [2.05, 4.69) is 25.3 Å². The quantitative estimate of drug-likeness (QED) is 0.697. The van der Waals surface area contributed by atoms with Crippen LogP contribution < -0.4 is 5.32 Å². The van der Waals surface area contributed by atoms with Gasteiger partial charge in [0.2, 0.25) is 11.8 Å². The second-order valence-corrected chi connectivity index (χ2v) is 7.36. The van der Waals surface area contributed by atoms with Gasteiger partial charge in [-0.1, -0.05) is 41.1 Å². The maximum atomic E-state index is 12.4. The summed E-state index contributed by atoms with van der Waals surface area (Å²) in [4.78, 5) is 21.3. The number of carbonyl (C=O) groups excluding carboxylic acids is 1. The van der Waals surface area contributed by atoms with Gasteiger partial charge in [0.05, 0.1) is 12.2 Å². The van der Waals surface area contributed by atoms with E-state index in [4.69, 9.17) is 4.52 Å². The van der Waals surface area contributed by atoms with Gasteiger partial charge in [-0.3, -0.25) is 24.9 Å². The summed E-state index contributed by atoms with van der Waals surface area (Å²) in [6.45, 7) is 6.78. The van der Waals surface area contributed by atoms with E-state index < -0.39 is 0 Å². The lowest BCUT2D eigenvalue weighted by Gasteiger charge is -2.33. The summed E-state index contributed by atoms with van der Waals surface area (Å²) in [7, 11) is 0. The molecule has 0 unspecified atom stereocenters. The summed E-state index contributed by atoms with van der Waals surface area (Å²) in [5.41, 5.74) is 3.94. The third-order valence-corrected chi connectivity index (χ3v) is 5.06. The number of aromatic nitrogens is 2. The van der Waals surface area contributed by atoms with E-state index in [9.17, 15) is 4.79 Å². The average Bonchev–Trinajstić information content (AvgIpc) is 3.19. The Morgan fingerprint density at radius 1 is 1.07 bits per heavy atom. The lowest BCUT2D eigenvalue weighted by Crippen LogP contribution is -2.48. The van der Waals surface area contributed by atoms with Gasteiger partial charge >= 0.3 is 0 Å². The van der Waals surface area contributed by atoms with Crippen molar-refractivity contribution in [3.63, 3.8) is 0 Å². The summed E-state index contributed by atoms with van der Waals surface area (Å²) in [5, 5.41) is 6.86. The van der Waals surface area contributed by atoms with E-state index in [1.807, 2.05) is 55.6 Å². The maximum absolute atomic E-state index is 12.4. The predicted octanol–water partition coefficient (Wildman–Crippen LogP) is 2.80. The van der Waals surface area contributed by atoms with Crippen molar-refractivity contribution in [1.29, 1.82) is 0 Å². The Labute approximate surface area is 170 Å². The van der Waals surface area contributed by atoms with Crippen LogP contribution in [0.5, 0.6) is 0 Å². The molecule has 2 aromatic heterocycles. The highest BCUT2D eigenvalue weighted by Crippen LogP contribution is 2.22. The summed E-state index contributed by atoms with van der Waals surface area (Å²) in [5.74, 6) is 0.286. The van der Waals surface area contributed by atoms with Gasteiger partial charge in [-0.25, -0.2) is 0 Å². The molecule has 29 heavy (non-hydrogen) atoms. The van der Waals surface area contributed by atoms with Crippen LogP contribution in [0.1, 0.15) is 11.3 Å². The molecule has 1 N–H and O–H groups in total. The lowest BCUT2D eigenvalue weighted by atomic mass is 10.1. The van der Waals surface area contributed by atoms with Crippen molar-refractivity contribution >= 4 is 11.8 Å². The molecule has 150 valence electrons. The fourth-order valence-electron chi connectivity index (χ4n) is 3.40. The zero-order valence-electron chi connectivity index (χ0n) is 16.5. The van der Waals surface area contributed by atoms with Gasteiger partial charge in [-0.05, 0) is 19.1 Å². The summed E-state index contributed by atoms with van der Waals surface area (Å²) in [6.07, 6.45) is 1.82. The van der Waals surface area contributed by atoms with E-state index in [0.717, 1.165) is 44.0 Å². The van der Waals surface area contributed by atoms with Gasteiger partial charge in [0, 0.05) is 50.6 Å². The zero-order chi connectivity index (χ0) is 20.1. The molecule has 4 rings (SSSR count). The number of carbonyl (C=O) groups is 1. The number of benzene rings is 1. The normalized spacial score (nSPS) is 15.3. The number of pyridine rings is 1. The van der Waals surface area contributed by atoms with Crippen LogP contribution >= 0.6 is 0 Å². The highest BCUT2D eigenvalue weighted by atomic mass is 16.5. The Morgan fingerprint density at radius 3 is 2.55 bits per heavy atom. The molecule has 0 saturated carbocycles. The summed E-state index contributed by atoms with van der Waals surface area (Å²) < 4.78 is 5.28. The number of hydrogen-bond donors (Lipinski definition) is 1. The topological polar surface area (TPSA) is 74.5 Å². The largest absolute Gasteiger partial charge is 0.338 e. The monoisotopic (exact) mass is 391 g/mol. The SMILES string of the molecule is Cc1ccc(-c2cc(NC(=O)CN3CCN(Cc4ccccn4)CC3)on2)cc1. The first-order valence-electron chi connectivity index (χ1n) is 9.84. The highest BCUT2D eigenvalue weighted by Gasteiger charge is 2.20. The number of amides is 1. The van der Waals surface area contributed by atoms with E-state index >= 15 is 0 Å².